The predicted molar refractivity (Wildman–Crippen MR) is 66.1 cm³/mol. The predicted octanol–water partition coefficient (Wildman–Crippen LogP) is 1.47. The summed E-state index contributed by atoms with van der Waals surface area (Å²) in [5.74, 6) is 0.120. The molecule has 0 bridgehead atoms. The molecule has 1 aliphatic rings. The van der Waals surface area contributed by atoms with E-state index in [0.717, 1.165) is 5.69 Å². The fraction of sp³-hybridized carbons (Fsp3) is 0.600. The molecule has 8 heteroatoms. The van der Waals surface area contributed by atoms with Gasteiger partial charge in [-0.15, -0.1) is 0 Å². The van der Waals surface area contributed by atoms with Crippen LogP contribution in [0.5, 0.6) is 0 Å². The van der Waals surface area contributed by atoms with Gasteiger partial charge in [0.05, 0.1) is 5.69 Å². The number of nitrogens with zero attached hydrogens (tertiary/aromatic N) is 2. The van der Waals surface area contributed by atoms with Crippen molar-refractivity contribution in [1.82, 2.24) is 5.16 Å². The Hall–Kier alpha value is -1.08. The quantitative estimate of drug-likeness (QED) is 0.788. The zero-order valence-electron chi connectivity index (χ0n) is 9.96. The van der Waals surface area contributed by atoms with E-state index in [1.807, 2.05) is 13.8 Å². The first-order valence-electron chi connectivity index (χ1n) is 5.49. The van der Waals surface area contributed by atoms with Crippen LogP contribution in [0.4, 0.5) is 5.88 Å². The van der Waals surface area contributed by atoms with Gasteiger partial charge in [0.15, 0.2) is 0 Å². The lowest BCUT2D eigenvalue weighted by Crippen LogP contribution is -2.26. The number of carbonyl (C=O) groups excluding carboxylic acids is 1. The Balaban J connectivity index is 2.22. The minimum Gasteiger partial charge on any atom is -0.338 e. The molecule has 1 saturated heterocycles. The summed E-state index contributed by atoms with van der Waals surface area (Å²) in [6, 6.07) is 1.64. The van der Waals surface area contributed by atoms with E-state index >= 15 is 0 Å². The monoisotopic (exact) mass is 292 g/mol. The third kappa shape index (κ3) is 2.51. The standard InChI is InChI=1S/C10H13ClN2O4S/c1-6(2)8-4-10(17-12-8)13-5-7(3-9(13)14)18(11,15)16/h4,6-7H,3,5H2,1-2H3. The van der Waals surface area contributed by atoms with Gasteiger partial charge >= 0.3 is 0 Å². The summed E-state index contributed by atoms with van der Waals surface area (Å²) < 4.78 is 27.5. The molecule has 1 fully saturated rings. The van der Waals surface area contributed by atoms with Gasteiger partial charge < -0.3 is 4.52 Å². The summed E-state index contributed by atoms with van der Waals surface area (Å²) >= 11 is 0. The van der Waals surface area contributed by atoms with Crippen molar-refractivity contribution in [3.63, 3.8) is 0 Å². The summed E-state index contributed by atoms with van der Waals surface area (Å²) in [4.78, 5) is 13.0. The van der Waals surface area contributed by atoms with Crippen LogP contribution >= 0.6 is 10.7 Å². The van der Waals surface area contributed by atoms with Crippen LogP contribution in [0.2, 0.25) is 0 Å². The molecule has 1 amide bonds. The SMILES string of the molecule is CC(C)c1cc(N2CC(S(=O)(=O)Cl)CC2=O)on1. The second-order valence-corrected chi connectivity index (χ2v) is 7.46. The fourth-order valence-corrected chi connectivity index (χ4v) is 2.78. The van der Waals surface area contributed by atoms with Gasteiger partial charge in [-0.3, -0.25) is 9.69 Å². The Morgan fingerprint density at radius 2 is 2.22 bits per heavy atom. The number of carbonyl (C=O) groups is 1. The third-order valence-electron chi connectivity index (χ3n) is 2.86. The Bertz CT molecular complexity index is 566. The highest BCUT2D eigenvalue weighted by atomic mass is 35.7. The Morgan fingerprint density at radius 1 is 1.56 bits per heavy atom. The highest BCUT2D eigenvalue weighted by Gasteiger charge is 2.39. The summed E-state index contributed by atoms with van der Waals surface area (Å²) in [5, 5.41) is 2.94. The van der Waals surface area contributed by atoms with Gasteiger partial charge in [0.1, 0.15) is 5.25 Å². The van der Waals surface area contributed by atoms with Crippen LogP contribution in [-0.2, 0) is 13.8 Å². The van der Waals surface area contributed by atoms with E-state index in [1.165, 1.54) is 4.90 Å². The maximum atomic E-state index is 11.7. The van der Waals surface area contributed by atoms with Gasteiger partial charge in [-0.25, -0.2) is 8.42 Å². The molecule has 0 aromatic carbocycles. The van der Waals surface area contributed by atoms with Crippen LogP contribution in [0.15, 0.2) is 10.6 Å². The van der Waals surface area contributed by atoms with E-state index < -0.39 is 14.3 Å². The molecule has 2 heterocycles. The molecule has 100 valence electrons. The molecular formula is C10H13ClN2O4S. The van der Waals surface area contributed by atoms with E-state index in [0.29, 0.717) is 0 Å². The van der Waals surface area contributed by atoms with Gasteiger partial charge in [-0.2, -0.15) is 0 Å². The van der Waals surface area contributed by atoms with E-state index in [-0.39, 0.29) is 30.7 Å². The first kappa shape index (κ1) is 13.4. The summed E-state index contributed by atoms with van der Waals surface area (Å²) in [7, 11) is 1.52. The Kier molecular flexibility index (Phi) is 3.37. The van der Waals surface area contributed by atoms with Crippen molar-refractivity contribution in [2.24, 2.45) is 0 Å². The molecule has 2 rings (SSSR count). The number of hydrogen-bond donors (Lipinski definition) is 0. The fourth-order valence-electron chi connectivity index (χ4n) is 1.75. The minimum atomic E-state index is -3.74. The molecule has 0 aliphatic carbocycles. The average Bonchev–Trinajstić information content (AvgIpc) is 2.81. The van der Waals surface area contributed by atoms with Crippen molar-refractivity contribution < 1.29 is 17.7 Å². The first-order chi connectivity index (χ1) is 8.29. The average molecular weight is 293 g/mol. The lowest BCUT2D eigenvalue weighted by Gasteiger charge is -2.10. The lowest BCUT2D eigenvalue weighted by atomic mass is 10.1. The number of aromatic nitrogens is 1. The van der Waals surface area contributed by atoms with Gasteiger partial charge in [-0.05, 0) is 5.92 Å². The first-order valence-corrected chi connectivity index (χ1v) is 7.86. The highest BCUT2D eigenvalue weighted by Crippen LogP contribution is 2.28. The molecule has 0 N–H and O–H groups in total. The van der Waals surface area contributed by atoms with Gasteiger partial charge in [0.2, 0.25) is 20.8 Å². The molecule has 1 aromatic heterocycles. The number of hydrogen-bond acceptors (Lipinski definition) is 5. The molecular weight excluding hydrogens is 280 g/mol. The molecule has 1 aliphatic heterocycles. The second kappa shape index (κ2) is 4.55. The molecule has 6 nitrogen and oxygen atoms in total. The smallest absolute Gasteiger partial charge is 0.237 e. The van der Waals surface area contributed by atoms with Crippen molar-refractivity contribution >= 4 is 31.5 Å². The minimum absolute atomic E-state index is 0.0113. The zero-order chi connectivity index (χ0) is 13.5. The van der Waals surface area contributed by atoms with Crippen LogP contribution < -0.4 is 4.90 Å². The Morgan fingerprint density at radius 3 is 2.67 bits per heavy atom. The van der Waals surface area contributed by atoms with Gasteiger partial charge in [0.25, 0.3) is 0 Å². The van der Waals surface area contributed by atoms with Crippen LogP contribution in [0.1, 0.15) is 31.9 Å². The van der Waals surface area contributed by atoms with Crippen LogP contribution in [0.3, 0.4) is 0 Å². The van der Waals surface area contributed by atoms with E-state index in [1.54, 1.807) is 6.07 Å². The van der Waals surface area contributed by atoms with Crippen LogP contribution in [-0.4, -0.2) is 31.3 Å². The Labute approximate surface area is 109 Å². The molecule has 1 unspecified atom stereocenters. The zero-order valence-corrected chi connectivity index (χ0v) is 11.5. The van der Waals surface area contributed by atoms with Gasteiger partial charge in [-0.1, -0.05) is 19.0 Å². The maximum Gasteiger partial charge on any atom is 0.237 e. The van der Waals surface area contributed by atoms with Crippen LogP contribution in [0, 0.1) is 0 Å². The largest absolute Gasteiger partial charge is 0.338 e. The summed E-state index contributed by atoms with van der Waals surface area (Å²) in [5.41, 5.74) is 0.718. The molecule has 18 heavy (non-hydrogen) atoms. The van der Waals surface area contributed by atoms with Crippen LogP contribution in [0.25, 0.3) is 0 Å². The number of anilines is 1. The summed E-state index contributed by atoms with van der Waals surface area (Å²) in [6.45, 7) is 3.90. The van der Waals surface area contributed by atoms with Crippen molar-refractivity contribution in [2.45, 2.75) is 31.4 Å². The molecule has 1 atom stereocenters. The lowest BCUT2D eigenvalue weighted by molar-refractivity contribution is -0.117. The molecule has 1 aromatic rings. The van der Waals surface area contributed by atoms with Gasteiger partial charge in [0, 0.05) is 29.7 Å². The van der Waals surface area contributed by atoms with Crippen molar-refractivity contribution in [1.29, 1.82) is 0 Å². The maximum absolute atomic E-state index is 11.7. The molecule has 0 radical (unpaired) electrons. The van der Waals surface area contributed by atoms with E-state index in [9.17, 15) is 13.2 Å². The number of halogens is 1. The second-order valence-electron chi connectivity index (χ2n) is 4.55. The normalized spacial score (nSPS) is 21.0. The van der Waals surface area contributed by atoms with Crippen molar-refractivity contribution in [3.05, 3.63) is 11.8 Å². The number of amides is 1. The molecule has 0 saturated carbocycles. The van der Waals surface area contributed by atoms with E-state index in [2.05, 4.69) is 5.16 Å². The summed E-state index contributed by atoms with van der Waals surface area (Å²) in [6.07, 6.45) is -0.121. The number of rotatable bonds is 3. The topological polar surface area (TPSA) is 80.5 Å². The van der Waals surface area contributed by atoms with Crippen molar-refractivity contribution in [2.75, 3.05) is 11.4 Å². The molecule has 0 spiro atoms. The third-order valence-corrected chi connectivity index (χ3v) is 4.73. The van der Waals surface area contributed by atoms with E-state index in [4.69, 9.17) is 15.2 Å². The highest BCUT2D eigenvalue weighted by molar-refractivity contribution is 8.14. The van der Waals surface area contributed by atoms with Crippen molar-refractivity contribution in [3.8, 4) is 0 Å².